The third kappa shape index (κ3) is 2.66. The summed E-state index contributed by atoms with van der Waals surface area (Å²) in [5, 5.41) is 0. The lowest BCUT2D eigenvalue weighted by molar-refractivity contribution is 0.263. The molecule has 1 atom stereocenters. The van der Waals surface area contributed by atoms with Crippen LogP contribution in [0.5, 0.6) is 0 Å². The van der Waals surface area contributed by atoms with Crippen LogP contribution in [0.4, 0.5) is 10.1 Å². The molecule has 0 saturated carbocycles. The van der Waals surface area contributed by atoms with E-state index in [1.807, 2.05) is 6.07 Å². The summed E-state index contributed by atoms with van der Waals surface area (Å²) in [6, 6.07) is 5.40. The van der Waals surface area contributed by atoms with Gasteiger partial charge in [0.05, 0.1) is 0 Å². The Hall–Kier alpha value is -1.09. The number of nitrogens with zero attached hydrogens (tertiary/aromatic N) is 1. The Labute approximate surface area is 109 Å². The molecule has 3 heteroatoms. The molecule has 1 aromatic carbocycles. The highest BCUT2D eigenvalue weighted by molar-refractivity contribution is 5.49. The summed E-state index contributed by atoms with van der Waals surface area (Å²) in [4.78, 5) is 2.28. The van der Waals surface area contributed by atoms with E-state index in [2.05, 4.69) is 25.7 Å². The van der Waals surface area contributed by atoms with E-state index in [0.29, 0.717) is 16.9 Å². The number of hydrogen-bond acceptors (Lipinski definition) is 2. The standard InChI is InChI=1S/C15H23FN2/c1-15(2,3)12-6-7-18(10-12)13-5-4-11(9-17)14(16)8-13/h4-5,8,12H,6-7,9-10,17H2,1-3H3. The number of hydrogen-bond donors (Lipinski definition) is 1. The Morgan fingerprint density at radius 1 is 1.39 bits per heavy atom. The molecule has 1 fully saturated rings. The molecule has 18 heavy (non-hydrogen) atoms. The van der Waals surface area contributed by atoms with Crippen molar-refractivity contribution >= 4 is 5.69 Å². The van der Waals surface area contributed by atoms with Crippen molar-refractivity contribution in [2.75, 3.05) is 18.0 Å². The number of rotatable bonds is 2. The summed E-state index contributed by atoms with van der Waals surface area (Å²) in [7, 11) is 0. The Morgan fingerprint density at radius 2 is 2.11 bits per heavy atom. The highest BCUT2D eigenvalue weighted by Gasteiger charge is 2.31. The minimum absolute atomic E-state index is 0.186. The molecule has 0 spiro atoms. The van der Waals surface area contributed by atoms with E-state index >= 15 is 0 Å². The maximum Gasteiger partial charge on any atom is 0.129 e. The van der Waals surface area contributed by atoms with Gasteiger partial charge < -0.3 is 10.6 Å². The molecular weight excluding hydrogens is 227 g/mol. The van der Waals surface area contributed by atoms with Crippen molar-refractivity contribution in [1.29, 1.82) is 0 Å². The summed E-state index contributed by atoms with van der Waals surface area (Å²) < 4.78 is 13.7. The Morgan fingerprint density at radius 3 is 2.61 bits per heavy atom. The first-order valence-corrected chi connectivity index (χ1v) is 6.65. The van der Waals surface area contributed by atoms with Crippen molar-refractivity contribution in [2.24, 2.45) is 17.1 Å². The average molecular weight is 250 g/mol. The summed E-state index contributed by atoms with van der Waals surface area (Å²) in [5.74, 6) is 0.490. The van der Waals surface area contributed by atoms with Gasteiger partial charge in [-0.05, 0) is 29.9 Å². The molecule has 2 N–H and O–H groups in total. The maximum absolute atomic E-state index is 13.7. The highest BCUT2D eigenvalue weighted by atomic mass is 19.1. The van der Waals surface area contributed by atoms with Crippen molar-refractivity contribution in [2.45, 2.75) is 33.7 Å². The SMILES string of the molecule is CC(C)(C)C1CCN(c2ccc(CN)c(F)c2)C1. The van der Waals surface area contributed by atoms with Gasteiger partial charge in [0.2, 0.25) is 0 Å². The van der Waals surface area contributed by atoms with Crippen LogP contribution in [0.2, 0.25) is 0 Å². The molecule has 0 aromatic heterocycles. The van der Waals surface area contributed by atoms with Crippen molar-refractivity contribution in [3.05, 3.63) is 29.6 Å². The molecule has 1 saturated heterocycles. The summed E-state index contributed by atoms with van der Waals surface area (Å²) in [6.45, 7) is 9.13. The summed E-state index contributed by atoms with van der Waals surface area (Å²) in [5.41, 5.74) is 7.37. The second kappa shape index (κ2) is 4.88. The highest BCUT2D eigenvalue weighted by Crippen LogP contribution is 2.35. The molecule has 1 heterocycles. The topological polar surface area (TPSA) is 29.3 Å². The molecule has 1 aromatic rings. The minimum atomic E-state index is -0.186. The molecular formula is C15H23FN2. The third-order valence-electron chi connectivity index (χ3n) is 4.03. The second-order valence-corrected chi connectivity index (χ2v) is 6.28. The quantitative estimate of drug-likeness (QED) is 0.873. The molecule has 1 aliphatic rings. The van der Waals surface area contributed by atoms with Gasteiger partial charge in [-0.25, -0.2) is 4.39 Å². The van der Waals surface area contributed by atoms with Crippen LogP contribution >= 0.6 is 0 Å². The maximum atomic E-state index is 13.7. The van der Waals surface area contributed by atoms with Crippen molar-refractivity contribution in [3.8, 4) is 0 Å². The molecule has 2 nitrogen and oxygen atoms in total. The van der Waals surface area contributed by atoms with Gasteiger partial charge in [0.1, 0.15) is 5.82 Å². The van der Waals surface area contributed by atoms with E-state index in [1.54, 1.807) is 12.1 Å². The number of benzene rings is 1. The van der Waals surface area contributed by atoms with Crippen LogP contribution in [-0.2, 0) is 6.54 Å². The fraction of sp³-hybridized carbons (Fsp3) is 0.600. The molecule has 1 unspecified atom stereocenters. The van der Waals surface area contributed by atoms with Crippen LogP contribution < -0.4 is 10.6 Å². The van der Waals surface area contributed by atoms with E-state index in [9.17, 15) is 4.39 Å². The lowest BCUT2D eigenvalue weighted by Gasteiger charge is -2.27. The molecule has 0 amide bonds. The van der Waals surface area contributed by atoms with E-state index < -0.39 is 0 Å². The lowest BCUT2D eigenvalue weighted by Crippen LogP contribution is -2.25. The zero-order valence-corrected chi connectivity index (χ0v) is 11.5. The first-order chi connectivity index (χ1) is 8.41. The fourth-order valence-corrected chi connectivity index (χ4v) is 2.60. The molecule has 0 aliphatic carbocycles. The number of halogens is 1. The largest absolute Gasteiger partial charge is 0.371 e. The van der Waals surface area contributed by atoms with Gasteiger partial charge in [-0.3, -0.25) is 0 Å². The first-order valence-electron chi connectivity index (χ1n) is 6.65. The number of nitrogens with two attached hydrogens (primary N) is 1. The van der Waals surface area contributed by atoms with Gasteiger partial charge in [0.15, 0.2) is 0 Å². The van der Waals surface area contributed by atoms with Gasteiger partial charge in [-0.2, -0.15) is 0 Å². The summed E-state index contributed by atoms with van der Waals surface area (Å²) >= 11 is 0. The van der Waals surface area contributed by atoms with E-state index in [1.165, 1.54) is 6.42 Å². The zero-order valence-electron chi connectivity index (χ0n) is 11.5. The van der Waals surface area contributed by atoms with Gasteiger partial charge in [0.25, 0.3) is 0 Å². The average Bonchev–Trinajstić information content (AvgIpc) is 2.77. The minimum Gasteiger partial charge on any atom is -0.371 e. The van der Waals surface area contributed by atoms with E-state index in [0.717, 1.165) is 18.8 Å². The van der Waals surface area contributed by atoms with Crippen LogP contribution in [0.15, 0.2) is 18.2 Å². The molecule has 2 rings (SSSR count). The van der Waals surface area contributed by atoms with Crippen molar-refractivity contribution in [3.63, 3.8) is 0 Å². The van der Waals surface area contributed by atoms with Gasteiger partial charge >= 0.3 is 0 Å². The molecule has 100 valence electrons. The van der Waals surface area contributed by atoms with Gasteiger partial charge in [0, 0.05) is 30.9 Å². The van der Waals surface area contributed by atoms with Crippen LogP contribution in [0.3, 0.4) is 0 Å². The predicted molar refractivity (Wildman–Crippen MR) is 74.1 cm³/mol. The first kappa shape index (κ1) is 13.3. The van der Waals surface area contributed by atoms with E-state index in [4.69, 9.17) is 5.73 Å². The van der Waals surface area contributed by atoms with Crippen LogP contribution in [-0.4, -0.2) is 13.1 Å². The fourth-order valence-electron chi connectivity index (χ4n) is 2.60. The van der Waals surface area contributed by atoms with E-state index in [-0.39, 0.29) is 12.4 Å². The second-order valence-electron chi connectivity index (χ2n) is 6.28. The smallest absolute Gasteiger partial charge is 0.129 e. The normalized spacial score (nSPS) is 20.5. The zero-order chi connectivity index (χ0) is 13.3. The van der Waals surface area contributed by atoms with Crippen molar-refractivity contribution in [1.82, 2.24) is 0 Å². The third-order valence-corrected chi connectivity index (χ3v) is 4.03. The van der Waals surface area contributed by atoms with Crippen LogP contribution in [0.1, 0.15) is 32.8 Å². The van der Waals surface area contributed by atoms with Gasteiger partial charge in [-0.15, -0.1) is 0 Å². The Balaban J connectivity index is 2.12. The summed E-state index contributed by atoms with van der Waals surface area (Å²) in [6.07, 6.45) is 1.18. The lowest BCUT2D eigenvalue weighted by atomic mass is 9.80. The van der Waals surface area contributed by atoms with Gasteiger partial charge in [-0.1, -0.05) is 26.8 Å². The monoisotopic (exact) mass is 250 g/mol. The molecule has 0 radical (unpaired) electrons. The van der Waals surface area contributed by atoms with Crippen LogP contribution in [0, 0.1) is 17.2 Å². The van der Waals surface area contributed by atoms with Crippen LogP contribution in [0.25, 0.3) is 0 Å². The Bertz CT molecular complexity index is 423. The molecule has 1 aliphatic heterocycles. The Kier molecular flexibility index (Phi) is 3.62. The number of anilines is 1. The predicted octanol–water partition coefficient (Wildman–Crippen LogP) is 3.16. The van der Waals surface area contributed by atoms with Crippen molar-refractivity contribution < 1.29 is 4.39 Å². The molecule has 0 bridgehead atoms.